The molecule has 1 atom stereocenters. The van der Waals surface area contributed by atoms with Gasteiger partial charge < -0.3 is 15.1 Å². The van der Waals surface area contributed by atoms with Crippen LogP contribution >= 0.6 is 0 Å². The van der Waals surface area contributed by atoms with Crippen molar-refractivity contribution in [3.63, 3.8) is 0 Å². The zero-order chi connectivity index (χ0) is 18.4. The number of carbonyl (C=O) groups excluding carboxylic acids is 1. The molecule has 1 fully saturated rings. The first kappa shape index (κ1) is 18.2. The summed E-state index contributed by atoms with van der Waals surface area (Å²) in [5.41, 5.74) is 1.20. The molecule has 1 N–H and O–H groups in total. The van der Waals surface area contributed by atoms with Crippen LogP contribution in [-0.2, 0) is 11.2 Å². The van der Waals surface area contributed by atoms with Crippen LogP contribution in [0.15, 0.2) is 42.7 Å². The number of benzene rings is 1. The summed E-state index contributed by atoms with van der Waals surface area (Å²) >= 11 is 0. The smallest absolute Gasteiger partial charge is 0.220 e. The summed E-state index contributed by atoms with van der Waals surface area (Å²) in [4.78, 5) is 25.2. The molecule has 1 aromatic heterocycles. The number of piperidine rings is 1. The van der Waals surface area contributed by atoms with Crippen LogP contribution < -0.4 is 15.1 Å². The average molecular weight is 353 g/mol. The molecule has 3 rings (SSSR count). The quantitative estimate of drug-likeness (QED) is 0.863. The Morgan fingerprint density at radius 1 is 1.27 bits per heavy atom. The van der Waals surface area contributed by atoms with Crippen molar-refractivity contribution in [2.75, 3.05) is 37.0 Å². The Kier molecular flexibility index (Phi) is 6.04. The summed E-state index contributed by atoms with van der Waals surface area (Å²) in [7, 11) is 3.94. The first-order valence-electron chi connectivity index (χ1n) is 9.19. The molecule has 2 heterocycles. The van der Waals surface area contributed by atoms with E-state index in [0.29, 0.717) is 6.42 Å². The van der Waals surface area contributed by atoms with Crippen LogP contribution in [0.25, 0.3) is 0 Å². The van der Waals surface area contributed by atoms with Crippen LogP contribution in [-0.4, -0.2) is 49.1 Å². The van der Waals surface area contributed by atoms with Crippen molar-refractivity contribution >= 4 is 17.5 Å². The molecule has 0 aliphatic carbocycles. The Labute approximate surface area is 155 Å². The number of aryl methyl sites for hydroxylation is 1. The molecule has 0 bridgehead atoms. The first-order chi connectivity index (χ1) is 12.6. The van der Waals surface area contributed by atoms with Gasteiger partial charge in [0.2, 0.25) is 5.91 Å². The minimum atomic E-state index is 0.123. The molecule has 1 aliphatic heterocycles. The standard InChI is InChI=1S/C20H27N5O/c1-24(2)18-13-19(22-15-21-18)25-12-6-9-17(14-25)23-20(26)11-10-16-7-4-3-5-8-16/h3-5,7-8,13,15,17H,6,9-12,14H2,1-2H3,(H,23,26)/t17-/m0/s1. The first-order valence-corrected chi connectivity index (χ1v) is 9.19. The summed E-state index contributed by atoms with van der Waals surface area (Å²) in [6, 6.07) is 12.3. The lowest BCUT2D eigenvalue weighted by Crippen LogP contribution is -2.48. The highest BCUT2D eigenvalue weighted by Gasteiger charge is 2.22. The monoisotopic (exact) mass is 353 g/mol. The summed E-state index contributed by atoms with van der Waals surface area (Å²) in [6.07, 6.45) is 4.97. The highest BCUT2D eigenvalue weighted by atomic mass is 16.1. The molecular formula is C20H27N5O. The summed E-state index contributed by atoms with van der Waals surface area (Å²) in [5.74, 6) is 1.94. The third-order valence-corrected chi connectivity index (χ3v) is 4.69. The SMILES string of the molecule is CN(C)c1cc(N2CCC[C@H](NC(=O)CCc3ccccc3)C2)ncn1. The maximum Gasteiger partial charge on any atom is 0.220 e. The van der Waals surface area contributed by atoms with Crippen LogP contribution in [0.3, 0.4) is 0 Å². The number of nitrogens with one attached hydrogen (secondary N) is 1. The lowest BCUT2D eigenvalue weighted by Gasteiger charge is -2.34. The lowest BCUT2D eigenvalue weighted by atomic mass is 10.0. The van der Waals surface area contributed by atoms with Gasteiger partial charge in [0.1, 0.15) is 18.0 Å². The Balaban J connectivity index is 1.53. The molecule has 6 heteroatoms. The van der Waals surface area contributed by atoms with Gasteiger partial charge >= 0.3 is 0 Å². The Morgan fingerprint density at radius 3 is 2.85 bits per heavy atom. The van der Waals surface area contributed by atoms with E-state index in [4.69, 9.17) is 0 Å². The van der Waals surface area contributed by atoms with Crippen LogP contribution in [0.1, 0.15) is 24.8 Å². The number of hydrogen-bond acceptors (Lipinski definition) is 5. The summed E-state index contributed by atoms with van der Waals surface area (Å²) < 4.78 is 0. The molecule has 1 amide bonds. The number of hydrogen-bond donors (Lipinski definition) is 1. The second kappa shape index (κ2) is 8.65. The number of nitrogens with zero attached hydrogens (tertiary/aromatic N) is 4. The van der Waals surface area contributed by atoms with E-state index >= 15 is 0 Å². The zero-order valence-corrected chi connectivity index (χ0v) is 15.6. The third kappa shape index (κ3) is 4.94. The molecule has 138 valence electrons. The minimum Gasteiger partial charge on any atom is -0.363 e. The van der Waals surface area contributed by atoms with Gasteiger partial charge in [-0.05, 0) is 24.8 Å². The van der Waals surface area contributed by atoms with E-state index in [0.717, 1.165) is 44.0 Å². The van der Waals surface area contributed by atoms with Crippen molar-refractivity contribution in [3.05, 3.63) is 48.3 Å². The normalized spacial score (nSPS) is 17.0. The predicted octanol–water partition coefficient (Wildman–Crippen LogP) is 2.26. The van der Waals surface area contributed by atoms with Crippen molar-refractivity contribution < 1.29 is 4.79 Å². The van der Waals surface area contributed by atoms with Gasteiger partial charge in [-0.15, -0.1) is 0 Å². The van der Waals surface area contributed by atoms with Crippen LogP contribution in [0.5, 0.6) is 0 Å². The molecular weight excluding hydrogens is 326 g/mol. The molecule has 26 heavy (non-hydrogen) atoms. The lowest BCUT2D eigenvalue weighted by molar-refractivity contribution is -0.121. The van der Waals surface area contributed by atoms with Gasteiger partial charge in [0.05, 0.1) is 0 Å². The van der Waals surface area contributed by atoms with Crippen molar-refractivity contribution in [3.8, 4) is 0 Å². The number of amides is 1. The van der Waals surface area contributed by atoms with E-state index in [1.165, 1.54) is 5.56 Å². The van der Waals surface area contributed by atoms with Gasteiger partial charge in [0.25, 0.3) is 0 Å². The summed E-state index contributed by atoms with van der Waals surface area (Å²) in [6.45, 7) is 1.75. The van der Waals surface area contributed by atoms with Crippen molar-refractivity contribution in [2.45, 2.75) is 31.7 Å². The van der Waals surface area contributed by atoms with Gasteiger partial charge in [-0.25, -0.2) is 9.97 Å². The molecule has 1 aliphatic rings. The van der Waals surface area contributed by atoms with Gasteiger partial charge in [0, 0.05) is 45.7 Å². The van der Waals surface area contributed by atoms with Crippen LogP contribution in [0.4, 0.5) is 11.6 Å². The second-order valence-corrected chi connectivity index (χ2v) is 6.97. The molecule has 0 saturated carbocycles. The molecule has 0 radical (unpaired) electrons. The van der Waals surface area contributed by atoms with E-state index in [2.05, 4.69) is 32.3 Å². The number of anilines is 2. The summed E-state index contributed by atoms with van der Waals surface area (Å²) in [5, 5.41) is 3.19. The van der Waals surface area contributed by atoms with Crippen molar-refractivity contribution in [2.24, 2.45) is 0 Å². The number of aromatic nitrogens is 2. The average Bonchev–Trinajstić information content (AvgIpc) is 2.67. The molecule has 0 unspecified atom stereocenters. The Hall–Kier alpha value is -2.63. The molecule has 0 spiro atoms. The van der Waals surface area contributed by atoms with Crippen molar-refractivity contribution in [1.29, 1.82) is 0 Å². The maximum absolute atomic E-state index is 12.3. The molecule has 1 saturated heterocycles. The van der Waals surface area contributed by atoms with E-state index < -0.39 is 0 Å². The van der Waals surface area contributed by atoms with Gasteiger partial charge in [-0.2, -0.15) is 0 Å². The number of rotatable bonds is 6. The van der Waals surface area contributed by atoms with E-state index in [-0.39, 0.29) is 11.9 Å². The third-order valence-electron chi connectivity index (χ3n) is 4.69. The molecule has 6 nitrogen and oxygen atoms in total. The Morgan fingerprint density at radius 2 is 2.08 bits per heavy atom. The topological polar surface area (TPSA) is 61.4 Å². The van der Waals surface area contributed by atoms with E-state index in [1.807, 2.05) is 43.3 Å². The maximum atomic E-state index is 12.3. The van der Waals surface area contributed by atoms with Gasteiger partial charge in [-0.3, -0.25) is 4.79 Å². The molecule has 2 aromatic rings. The van der Waals surface area contributed by atoms with E-state index in [9.17, 15) is 4.79 Å². The fraction of sp³-hybridized carbons (Fsp3) is 0.450. The van der Waals surface area contributed by atoms with Gasteiger partial charge in [-0.1, -0.05) is 30.3 Å². The fourth-order valence-electron chi connectivity index (χ4n) is 3.26. The number of carbonyl (C=O) groups is 1. The van der Waals surface area contributed by atoms with Crippen LogP contribution in [0, 0.1) is 0 Å². The Bertz CT molecular complexity index is 719. The zero-order valence-electron chi connectivity index (χ0n) is 15.6. The van der Waals surface area contributed by atoms with E-state index in [1.54, 1.807) is 6.33 Å². The molecule has 1 aromatic carbocycles. The second-order valence-electron chi connectivity index (χ2n) is 6.97. The minimum absolute atomic E-state index is 0.123. The fourth-order valence-corrected chi connectivity index (χ4v) is 3.26. The van der Waals surface area contributed by atoms with Gasteiger partial charge in [0.15, 0.2) is 0 Å². The largest absolute Gasteiger partial charge is 0.363 e. The highest BCUT2D eigenvalue weighted by Crippen LogP contribution is 2.20. The van der Waals surface area contributed by atoms with Crippen LogP contribution in [0.2, 0.25) is 0 Å². The highest BCUT2D eigenvalue weighted by molar-refractivity contribution is 5.76. The predicted molar refractivity (Wildman–Crippen MR) is 104 cm³/mol. The van der Waals surface area contributed by atoms with Crippen molar-refractivity contribution in [1.82, 2.24) is 15.3 Å².